The van der Waals surface area contributed by atoms with E-state index in [1.165, 1.54) is 18.2 Å². The van der Waals surface area contributed by atoms with Crippen LogP contribution in [0.2, 0.25) is 0 Å². The zero-order valence-electron chi connectivity index (χ0n) is 9.57. The number of rotatable bonds is 3. The van der Waals surface area contributed by atoms with Crippen LogP contribution in [0.15, 0.2) is 0 Å². The molecular formula is C12H20O3S. The van der Waals surface area contributed by atoms with E-state index in [4.69, 9.17) is 0 Å². The summed E-state index contributed by atoms with van der Waals surface area (Å²) < 4.78 is -0.702. The normalized spacial score (nSPS) is 33.8. The van der Waals surface area contributed by atoms with Gasteiger partial charge in [0.05, 0.1) is 5.60 Å². The molecule has 1 aliphatic carbocycles. The smallest absolute Gasteiger partial charge is 0.319 e. The Bertz CT molecular complexity index is 265. The largest absolute Gasteiger partial charge is 0.480 e. The Morgan fingerprint density at radius 3 is 2.31 bits per heavy atom. The fraction of sp³-hybridized carbons (Fsp3) is 0.917. The average Bonchev–Trinajstić information content (AvgIpc) is 2.68. The van der Waals surface area contributed by atoms with E-state index in [0.717, 1.165) is 44.3 Å². The fourth-order valence-corrected chi connectivity index (χ4v) is 4.46. The summed E-state index contributed by atoms with van der Waals surface area (Å²) >= 11 is 1.53. The van der Waals surface area contributed by atoms with Gasteiger partial charge in [0.15, 0.2) is 0 Å². The molecule has 0 aromatic carbocycles. The summed E-state index contributed by atoms with van der Waals surface area (Å²) in [4.78, 5) is 11.4. The van der Waals surface area contributed by atoms with E-state index >= 15 is 0 Å². The molecule has 1 saturated heterocycles. The number of carboxylic acids is 1. The maximum atomic E-state index is 11.4. The van der Waals surface area contributed by atoms with Crippen molar-refractivity contribution >= 4 is 17.7 Å². The second-order valence-corrected chi connectivity index (χ2v) is 6.69. The summed E-state index contributed by atoms with van der Waals surface area (Å²) in [6, 6.07) is 0. The third kappa shape index (κ3) is 2.38. The molecule has 0 amide bonds. The van der Waals surface area contributed by atoms with Gasteiger partial charge in [0, 0.05) is 6.42 Å². The molecule has 1 heterocycles. The van der Waals surface area contributed by atoms with Crippen LogP contribution in [-0.2, 0) is 4.79 Å². The lowest BCUT2D eigenvalue weighted by atomic mass is 9.77. The van der Waals surface area contributed by atoms with E-state index in [-0.39, 0.29) is 0 Å². The first-order valence-corrected chi connectivity index (χ1v) is 7.15. The molecule has 2 N–H and O–H groups in total. The number of aliphatic carboxylic acids is 1. The zero-order chi connectivity index (χ0) is 11.6. The quantitative estimate of drug-likeness (QED) is 0.800. The zero-order valence-corrected chi connectivity index (χ0v) is 10.4. The molecule has 2 aliphatic rings. The summed E-state index contributed by atoms with van der Waals surface area (Å²) in [7, 11) is 0. The van der Waals surface area contributed by atoms with Gasteiger partial charge in [-0.2, -0.15) is 0 Å². The standard InChI is InChI=1S/C12H20O3S/c13-10(14)12(7-4-8-16-12)9-11(15)5-2-1-3-6-11/h15H,1-9H2,(H,13,14). The highest BCUT2D eigenvalue weighted by molar-refractivity contribution is 8.01. The minimum Gasteiger partial charge on any atom is -0.480 e. The number of carbonyl (C=O) groups is 1. The molecule has 16 heavy (non-hydrogen) atoms. The van der Waals surface area contributed by atoms with Crippen LogP contribution in [0.3, 0.4) is 0 Å². The molecule has 0 radical (unpaired) electrons. The number of aliphatic hydroxyl groups is 1. The molecule has 0 bridgehead atoms. The topological polar surface area (TPSA) is 57.5 Å². The van der Waals surface area contributed by atoms with Crippen molar-refractivity contribution in [2.75, 3.05) is 5.75 Å². The Labute approximate surface area is 101 Å². The Kier molecular flexibility index (Phi) is 3.50. The van der Waals surface area contributed by atoms with Crippen molar-refractivity contribution in [3.05, 3.63) is 0 Å². The second kappa shape index (κ2) is 4.57. The highest BCUT2D eigenvalue weighted by Gasteiger charge is 2.48. The number of hydrogen-bond donors (Lipinski definition) is 2. The van der Waals surface area contributed by atoms with Crippen LogP contribution in [0.25, 0.3) is 0 Å². The predicted octanol–water partition coefficient (Wildman–Crippen LogP) is 2.42. The molecule has 0 aromatic heterocycles. The molecule has 1 saturated carbocycles. The van der Waals surface area contributed by atoms with Gasteiger partial charge >= 0.3 is 5.97 Å². The van der Waals surface area contributed by atoms with Gasteiger partial charge in [-0.25, -0.2) is 0 Å². The number of thioether (sulfide) groups is 1. The first-order valence-electron chi connectivity index (χ1n) is 6.16. The van der Waals surface area contributed by atoms with Crippen LogP contribution in [0.1, 0.15) is 51.4 Å². The molecule has 0 spiro atoms. The maximum Gasteiger partial charge on any atom is 0.319 e. The van der Waals surface area contributed by atoms with Crippen molar-refractivity contribution in [1.29, 1.82) is 0 Å². The van der Waals surface area contributed by atoms with Crippen LogP contribution in [-0.4, -0.2) is 32.3 Å². The highest BCUT2D eigenvalue weighted by atomic mass is 32.2. The Hall–Kier alpha value is -0.220. The van der Waals surface area contributed by atoms with Gasteiger partial charge in [0.2, 0.25) is 0 Å². The van der Waals surface area contributed by atoms with Crippen LogP contribution < -0.4 is 0 Å². The highest BCUT2D eigenvalue weighted by Crippen LogP contribution is 2.47. The summed E-state index contributed by atoms with van der Waals surface area (Å²) in [5, 5.41) is 19.8. The molecule has 3 nitrogen and oxygen atoms in total. The SMILES string of the molecule is O=C(O)C1(CC2(O)CCCCC2)CCCS1. The van der Waals surface area contributed by atoms with E-state index in [1.807, 2.05) is 0 Å². The summed E-state index contributed by atoms with van der Waals surface area (Å²) in [5.41, 5.74) is -0.714. The molecule has 1 atom stereocenters. The van der Waals surface area contributed by atoms with Crippen LogP contribution in [0.4, 0.5) is 0 Å². The third-order valence-corrected chi connectivity index (χ3v) is 5.46. The lowest BCUT2D eigenvalue weighted by Gasteiger charge is -2.37. The van der Waals surface area contributed by atoms with Crippen LogP contribution in [0.5, 0.6) is 0 Å². The van der Waals surface area contributed by atoms with Gasteiger partial charge in [-0.3, -0.25) is 4.79 Å². The summed E-state index contributed by atoms with van der Waals surface area (Å²) in [6.45, 7) is 0. The minimum atomic E-state index is -0.728. The van der Waals surface area contributed by atoms with E-state index in [0.29, 0.717) is 6.42 Å². The van der Waals surface area contributed by atoms with Crippen LogP contribution in [0, 0.1) is 0 Å². The van der Waals surface area contributed by atoms with Gasteiger partial charge in [-0.05, 0) is 31.4 Å². The molecule has 4 heteroatoms. The first kappa shape index (κ1) is 12.2. The molecule has 1 unspecified atom stereocenters. The maximum absolute atomic E-state index is 11.4. The minimum absolute atomic E-state index is 0.444. The number of hydrogen-bond acceptors (Lipinski definition) is 3. The van der Waals surface area contributed by atoms with Gasteiger partial charge in [0.1, 0.15) is 4.75 Å². The Morgan fingerprint density at radius 1 is 1.12 bits per heavy atom. The fourth-order valence-electron chi connectivity index (χ4n) is 3.00. The monoisotopic (exact) mass is 244 g/mol. The van der Waals surface area contributed by atoms with Gasteiger partial charge in [-0.15, -0.1) is 11.8 Å². The van der Waals surface area contributed by atoms with Crippen molar-refractivity contribution < 1.29 is 15.0 Å². The van der Waals surface area contributed by atoms with Gasteiger partial charge in [0.25, 0.3) is 0 Å². The lowest BCUT2D eigenvalue weighted by molar-refractivity contribution is -0.142. The molecule has 2 fully saturated rings. The number of carboxylic acid groups (broad SMARTS) is 1. The molecule has 0 aromatic rings. The average molecular weight is 244 g/mol. The summed E-state index contributed by atoms with van der Waals surface area (Å²) in [6.07, 6.45) is 6.94. The molecule has 2 rings (SSSR count). The lowest BCUT2D eigenvalue weighted by Crippen LogP contribution is -2.44. The van der Waals surface area contributed by atoms with Crippen molar-refractivity contribution in [3.63, 3.8) is 0 Å². The van der Waals surface area contributed by atoms with Gasteiger partial charge in [-0.1, -0.05) is 19.3 Å². The van der Waals surface area contributed by atoms with Crippen molar-refractivity contribution in [3.8, 4) is 0 Å². The van der Waals surface area contributed by atoms with Crippen LogP contribution >= 0.6 is 11.8 Å². The predicted molar refractivity (Wildman–Crippen MR) is 64.7 cm³/mol. The Morgan fingerprint density at radius 2 is 1.81 bits per heavy atom. The molecule has 92 valence electrons. The first-order chi connectivity index (χ1) is 7.56. The van der Waals surface area contributed by atoms with E-state index in [1.54, 1.807) is 0 Å². The Balaban J connectivity index is 2.07. The third-order valence-electron chi connectivity index (χ3n) is 3.89. The second-order valence-electron chi connectivity index (χ2n) is 5.21. The molecular weight excluding hydrogens is 224 g/mol. The van der Waals surface area contributed by atoms with Crippen molar-refractivity contribution in [2.45, 2.75) is 61.7 Å². The van der Waals surface area contributed by atoms with Crippen molar-refractivity contribution in [1.82, 2.24) is 0 Å². The van der Waals surface area contributed by atoms with E-state index < -0.39 is 16.3 Å². The molecule has 1 aliphatic heterocycles. The summed E-state index contributed by atoms with van der Waals surface area (Å²) in [5.74, 6) is 0.191. The van der Waals surface area contributed by atoms with E-state index in [2.05, 4.69) is 0 Å². The van der Waals surface area contributed by atoms with E-state index in [9.17, 15) is 15.0 Å². The van der Waals surface area contributed by atoms with Gasteiger partial charge < -0.3 is 10.2 Å². The van der Waals surface area contributed by atoms with Crippen molar-refractivity contribution in [2.24, 2.45) is 0 Å².